The van der Waals surface area contributed by atoms with E-state index in [1.54, 1.807) is 24.0 Å². The Bertz CT molecular complexity index is 656. The summed E-state index contributed by atoms with van der Waals surface area (Å²) in [4.78, 5) is 18.0. The molecule has 0 saturated carbocycles. The Morgan fingerprint density at radius 1 is 1.52 bits per heavy atom. The van der Waals surface area contributed by atoms with Gasteiger partial charge in [0.2, 0.25) is 0 Å². The number of rotatable bonds is 3. The largest absolute Gasteiger partial charge is 0.488 e. The molecule has 0 unspecified atom stereocenters. The van der Waals surface area contributed by atoms with Crippen LogP contribution in [0.4, 0.5) is 0 Å². The molecule has 3 rings (SSSR count). The van der Waals surface area contributed by atoms with Crippen molar-refractivity contribution in [2.45, 2.75) is 19.4 Å². The lowest BCUT2D eigenvalue weighted by molar-refractivity contribution is 0.0765. The molecule has 0 bridgehead atoms. The van der Waals surface area contributed by atoms with Crippen molar-refractivity contribution in [2.75, 3.05) is 13.1 Å². The van der Waals surface area contributed by atoms with Crippen molar-refractivity contribution in [1.82, 2.24) is 9.88 Å². The molecule has 1 saturated heterocycles. The number of hydrogen-bond acceptors (Lipinski definition) is 4. The number of halogens is 1. The standard InChI is InChI=1S/C15H15ClN2O3/c1-10-14(17-9-20-10)15(19)18-6-5-13(8-18)21-12-4-2-3-11(16)7-12/h2-4,7,9,13H,5-6,8H2,1H3/t13-/m1/s1. The first-order valence-corrected chi connectivity index (χ1v) is 7.13. The third-order valence-corrected chi connectivity index (χ3v) is 3.71. The highest BCUT2D eigenvalue weighted by molar-refractivity contribution is 6.30. The van der Waals surface area contributed by atoms with E-state index in [0.717, 1.165) is 12.2 Å². The summed E-state index contributed by atoms with van der Waals surface area (Å²) in [6.45, 7) is 2.92. The lowest BCUT2D eigenvalue weighted by Crippen LogP contribution is -2.31. The SMILES string of the molecule is Cc1ocnc1C(=O)N1CC[C@@H](Oc2cccc(Cl)c2)C1. The van der Waals surface area contributed by atoms with Crippen molar-refractivity contribution in [3.05, 3.63) is 47.1 Å². The second kappa shape index (κ2) is 5.77. The summed E-state index contributed by atoms with van der Waals surface area (Å²) in [6, 6.07) is 7.27. The summed E-state index contributed by atoms with van der Waals surface area (Å²) < 4.78 is 10.9. The zero-order valence-electron chi connectivity index (χ0n) is 11.6. The number of amides is 1. The molecule has 0 N–H and O–H groups in total. The molecule has 2 aromatic rings. The van der Waals surface area contributed by atoms with Gasteiger partial charge in [-0.05, 0) is 25.1 Å². The van der Waals surface area contributed by atoms with Gasteiger partial charge in [-0.2, -0.15) is 0 Å². The van der Waals surface area contributed by atoms with Gasteiger partial charge in [0.1, 0.15) is 17.6 Å². The fourth-order valence-electron chi connectivity index (χ4n) is 2.40. The van der Waals surface area contributed by atoms with Crippen LogP contribution in [0.5, 0.6) is 5.75 Å². The molecule has 1 aromatic heterocycles. The Kier molecular flexibility index (Phi) is 3.84. The molecule has 0 aliphatic carbocycles. The van der Waals surface area contributed by atoms with Gasteiger partial charge < -0.3 is 14.1 Å². The molecule has 2 heterocycles. The molecule has 1 amide bonds. The van der Waals surface area contributed by atoms with Crippen LogP contribution >= 0.6 is 11.6 Å². The van der Waals surface area contributed by atoms with E-state index in [1.165, 1.54) is 6.39 Å². The topological polar surface area (TPSA) is 55.6 Å². The van der Waals surface area contributed by atoms with Gasteiger partial charge in [0.25, 0.3) is 5.91 Å². The summed E-state index contributed by atoms with van der Waals surface area (Å²) >= 11 is 5.93. The number of ether oxygens (including phenoxy) is 1. The minimum absolute atomic E-state index is 0.0281. The minimum atomic E-state index is -0.113. The predicted octanol–water partition coefficient (Wildman–Crippen LogP) is 2.93. The van der Waals surface area contributed by atoms with Crippen molar-refractivity contribution in [3.63, 3.8) is 0 Å². The van der Waals surface area contributed by atoms with Crippen LogP contribution in [0.1, 0.15) is 22.7 Å². The van der Waals surface area contributed by atoms with Crippen LogP contribution in [0.15, 0.2) is 35.1 Å². The number of carbonyl (C=O) groups is 1. The summed E-state index contributed by atoms with van der Waals surface area (Å²) in [5.74, 6) is 1.15. The van der Waals surface area contributed by atoms with Crippen molar-refractivity contribution in [1.29, 1.82) is 0 Å². The Balaban J connectivity index is 1.63. The zero-order chi connectivity index (χ0) is 14.8. The highest BCUT2D eigenvalue weighted by atomic mass is 35.5. The molecule has 1 aromatic carbocycles. The summed E-state index contributed by atoms with van der Waals surface area (Å²) in [6.07, 6.45) is 2.05. The van der Waals surface area contributed by atoms with E-state index in [4.69, 9.17) is 20.8 Å². The molecule has 5 nitrogen and oxygen atoms in total. The molecule has 1 atom stereocenters. The molecular weight excluding hydrogens is 292 g/mol. The lowest BCUT2D eigenvalue weighted by Gasteiger charge is -2.16. The highest BCUT2D eigenvalue weighted by Gasteiger charge is 2.30. The number of hydrogen-bond donors (Lipinski definition) is 0. The summed E-state index contributed by atoms with van der Waals surface area (Å²) in [5.41, 5.74) is 0.374. The summed E-state index contributed by atoms with van der Waals surface area (Å²) in [5, 5.41) is 0.636. The fourth-order valence-corrected chi connectivity index (χ4v) is 2.58. The first-order valence-electron chi connectivity index (χ1n) is 6.75. The molecule has 1 aliphatic heterocycles. The third-order valence-electron chi connectivity index (χ3n) is 3.48. The number of likely N-dealkylation sites (tertiary alicyclic amines) is 1. The van der Waals surface area contributed by atoms with Crippen LogP contribution in [0.2, 0.25) is 5.02 Å². The van der Waals surface area contributed by atoms with E-state index in [-0.39, 0.29) is 12.0 Å². The van der Waals surface area contributed by atoms with Crippen molar-refractivity contribution in [3.8, 4) is 5.75 Å². The molecule has 21 heavy (non-hydrogen) atoms. The van der Waals surface area contributed by atoms with Crippen LogP contribution in [0, 0.1) is 6.92 Å². The van der Waals surface area contributed by atoms with Gasteiger partial charge in [-0.25, -0.2) is 4.98 Å². The van der Waals surface area contributed by atoms with E-state index in [1.807, 2.05) is 12.1 Å². The Labute approximate surface area is 127 Å². The number of nitrogens with zero attached hydrogens (tertiary/aromatic N) is 2. The van der Waals surface area contributed by atoms with Crippen LogP contribution in [0.3, 0.4) is 0 Å². The number of aryl methyl sites for hydroxylation is 1. The van der Waals surface area contributed by atoms with E-state index >= 15 is 0 Å². The smallest absolute Gasteiger partial charge is 0.276 e. The second-order valence-corrected chi connectivity index (χ2v) is 5.43. The molecule has 0 radical (unpaired) electrons. The number of carbonyl (C=O) groups excluding carboxylic acids is 1. The maximum atomic E-state index is 12.3. The minimum Gasteiger partial charge on any atom is -0.488 e. The van der Waals surface area contributed by atoms with Gasteiger partial charge in [0, 0.05) is 18.0 Å². The molecule has 1 fully saturated rings. The van der Waals surface area contributed by atoms with Crippen LogP contribution in [-0.2, 0) is 0 Å². The number of aromatic nitrogens is 1. The maximum absolute atomic E-state index is 12.3. The molecule has 0 spiro atoms. The average Bonchev–Trinajstić information content (AvgIpc) is 3.07. The Morgan fingerprint density at radius 3 is 3.10 bits per heavy atom. The predicted molar refractivity (Wildman–Crippen MR) is 77.6 cm³/mol. The average molecular weight is 307 g/mol. The van der Waals surface area contributed by atoms with Crippen molar-refractivity contribution < 1.29 is 13.9 Å². The van der Waals surface area contributed by atoms with Crippen molar-refractivity contribution in [2.24, 2.45) is 0 Å². The quantitative estimate of drug-likeness (QED) is 0.875. The number of benzene rings is 1. The third kappa shape index (κ3) is 3.03. The monoisotopic (exact) mass is 306 g/mol. The van der Waals surface area contributed by atoms with Gasteiger partial charge >= 0.3 is 0 Å². The van der Waals surface area contributed by atoms with Crippen LogP contribution in [0.25, 0.3) is 0 Å². The first kappa shape index (κ1) is 13.9. The first-order chi connectivity index (χ1) is 10.1. The molecular formula is C15H15ClN2O3. The van der Waals surface area contributed by atoms with E-state index in [2.05, 4.69) is 4.98 Å². The molecule has 6 heteroatoms. The fraction of sp³-hybridized carbons (Fsp3) is 0.333. The maximum Gasteiger partial charge on any atom is 0.276 e. The zero-order valence-corrected chi connectivity index (χ0v) is 12.3. The Hall–Kier alpha value is -2.01. The molecule has 1 aliphatic rings. The molecule has 110 valence electrons. The van der Waals surface area contributed by atoms with Gasteiger partial charge in [0.15, 0.2) is 12.1 Å². The second-order valence-electron chi connectivity index (χ2n) is 4.99. The van der Waals surface area contributed by atoms with Crippen LogP contribution in [-0.4, -0.2) is 35.0 Å². The highest BCUT2D eigenvalue weighted by Crippen LogP contribution is 2.22. The van der Waals surface area contributed by atoms with Gasteiger partial charge in [-0.1, -0.05) is 17.7 Å². The van der Waals surface area contributed by atoms with E-state index in [0.29, 0.717) is 29.6 Å². The van der Waals surface area contributed by atoms with Crippen molar-refractivity contribution >= 4 is 17.5 Å². The van der Waals surface area contributed by atoms with E-state index in [9.17, 15) is 4.79 Å². The lowest BCUT2D eigenvalue weighted by atomic mass is 10.3. The van der Waals surface area contributed by atoms with Gasteiger partial charge in [-0.3, -0.25) is 4.79 Å². The van der Waals surface area contributed by atoms with Crippen LogP contribution < -0.4 is 4.74 Å². The van der Waals surface area contributed by atoms with Gasteiger partial charge in [0.05, 0.1) is 6.54 Å². The Morgan fingerprint density at radius 2 is 2.38 bits per heavy atom. The van der Waals surface area contributed by atoms with E-state index < -0.39 is 0 Å². The number of oxazole rings is 1. The summed E-state index contributed by atoms with van der Waals surface area (Å²) in [7, 11) is 0. The van der Waals surface area contributed by atoms with Gasteiger partial charge in [-0.15, -0.1) is 0 Å². The normalized spacial score (nSPS) is 18.0.